The minimum Gasteiger partial charge on any atom is -0.315 e. The van der Waals surface area contributed by atoms with Crippen molar-refractivity contribution in [3.8, 4) is 0 Å². The molecule has 3 nitrogen and oxygen atoms in total. The molecule has 2 heterocycles. The normalized spacial score (nSPS) is 25.4. The molecule has 1 saturated heterocycles. The molecule has 1 unspecified atom stereocenters. The maximum atomic E-state index is 4.71. The van der Waals surface area contributed by atoms with Crippen molar-refractivity contribution in [2.75, 3.05) is 13.1 Å². The average Bonchev–Trinajstić information content (AvgIpc) is 2.83. The van der Waals surface area contributed by atoms with E-state index >= 15 is 0 Å². The minimum atomic E-state index is 0.168. The van der Waals surface area contributed by atoms with E-state index in [-0.39, 0.29) is 11.0 Å². The Kier molecular flexibility index (Phi) is 3.57. The second-order valence-electron chi connectivity index (χ2n) is 6.23. The van der Waals surface area contributed by atoms with E-state index in [1.54, 1.807) is 11.3 Å². The fourth-order valence-corrected chi connectivity index (χ4v) is 2.91. The predicted molar refractivity (Wildman–Crippen MR) is 73.5 cm³/mol. The number of nitrogens with one attached hydrogen (secondary N) is 2. The molecule has 1 aromatic heterocycles. The zero-order chi connectivity index (χ0) is 12.5. The van der Waals surface area contributed by atoms with E-state index in [1.165, 1.54) is 17.1 Å². The highest BCUT2D eigenvalue weighted by Gasteiger charge is 2.28. The first kappa shape index (κ1) is 13.0. The third kappa shape index (κ3) is 3.27. The summed E-state index contributed by atoms with van der Waals surface area (Å²) < 4.78 is 0. The van der Waals surface area contributed by atoms with Crippen molar-refractivity contribution in [1.82, 2.24) is 15.6 Å². The van der Waals surface area contributed by atoms with E-state index in [0.29, 0.717) is 0 Å². The fourth-order valence-electron chi connectivity index (χ4n) is 2.00. The molecule has 2 rings (SSSR count). The molecular formula is C13H23N3S. The second kappa shape index (κ2) is 4.67. The number of nitrogens with zero attached hydrogens (tertiary/aromatic N) is 1. The standard InChI is InChI=1S/C13H23N3S/c1-12(2,3)11-16-10(8-17-11)7-15-13(4)5-6-14-9-13/h8,14-15H,5-7,9H2,1-4H3. The third-order valence-corrected chi connectivity index (χ3v) is 4.58. The lowest BCUT2D eigenvalue weighted by atomic mass is 9.98. The zero-order valence-electron chi connectivity index (χ0n) is 11.3. The van der Waals surface area contributed by atoms with Gasteiger partial charge in [-0.2, -0.15) is 0 Å². The number of aromatic nitrogens is 1. The molecule has 1 atom stereocenters. The quantitative estimate of drug-likeness (QED) is 0.868. The molecule has 1 fully saturated rings. The summed E-state index contributed by atoms with van der Waals surface area (Å²) in [6.07, 6.45) is 1.20. The van der Waals surface area contributed by atoms with Crippen LogP contribution in [0.1, 0.15) is 44.8 Å². The van der Waals surface area contributed by atoms with Gasteiger partial charge in [0.1, 0.15) is 0 Å². The van der Waals surface area contributed by atoms with Gasteiger partial charge in [0.25, 0.3) is 0 Å². The molecule has 96 valence electrons. The molecule has 4 heteroatoms. The Morgan fingerprint density at radius 2 is 2.29 bits per heavy atom. The third-order valence-electron chi connectivity index (χ3n) is 3.26. The van der Waals surface area contributed by atoms with Crippen molar-refractivity contribution in [3.63, 3.8) is 0 Å². The van der Waals surface area contributed by atoms with Gasteiger partial charge < -0.3 is 10.6 Å². The first-order valence-corrected chi connectivity index (χ1v) is 7.18. The largest absolute Gasteiger partial charge is 0.315 e. The van der Waals surface area contributed by atoms with Crippen LogP contribution in [0, 0.1) is 0 Å². The Balaban J connectivity index is 1.93. The lowest BCUT2D eigenvalue weighted by Gasteiger charge is -2.24. The second-order valence-corrected chi connectivity index (χ2v) is 7.09. The van der Waals surface area contributed by atoms with Crippen LogP contribution in [0.25, 0.3) is 0 Å². The van der Waals surface area contributed by atoms with Gasteiger partial charge in [-0.1, -0.05) is 20.8 Å². The number of hydrogen-bond acceptors (Lipinski definition) is 4. The smallest absolute Gasteiger partial charge is 0.0982 e. The summed E-state index contributed by atoms with van der Waals surface area (Å²) in [6, 6.07) is 0. The number of thiazole rings is 1. The molecule has 0 radical (unpaired) electrons. The average molecular weight is 253 g/mol. The van der Waals surface area contributed by atoms with Crippen molar-refractivity contribution in [2.24, 2.45) is 0 Å². The number of hydrogen-bond donors (Lipinski definition) is 2. The summed E-state index contributed by atoms with van der Waals surface area (Å²) in [7, 11) is 0. The monoisotopic (exact) mass is 253 g/mol. The summed E-state index contributed by atoms with van der Waals surface area (Å²) in [5, 5.41) is 10.4. The van der Waals surface area contributed by atoms with Crippen LogP contribution < -0.4 is 10.6 Å². The van der Waals surface area contributed by atoms with Gasteiger partial charge in [-0.05, 0) is 19.9 Å². The summed E-state index contributed by atoms with van der Waals surface area (Å²) in [4.78, 5) is 4.71. The molecule has 0 aliphatic carbocycles. The van der Waals surface area contributed by atoms with E-state index in [2.05, 4.69) is 43.7 Å². The molecule has 2 N–H and O–H groups in total. The van der Waals surface area contributed by atoms with Gasteiger partial charge in [-0.3, -0.25) is 0 Å². The van der Waals surface area contributed by atoms with Crippen LogP contribution in [0.15, 0.2) is 5.38 Å². The highest BCUT2D eigenvalue weighted by Crippen LogP contribution is 2.25. The molecular weight excluding hydrogens is 230 g/mol. The molecule has 0 amide bonds. The van der Waals surface area contributed by atoms with Gasteiger partial charge >= 0.3 is 0 Å². The Morgan fingerprint density at radius 3 is 2.82 bits per heavy atom. The lowest BCUT2D eigenvalue weighted by molar-refractivity contribution is 0.383. The van der Waals surface area contributed by atoms with E-state index in [4.69, 9.17) is 4.98 Å². The molecule has 1 aromatic rings. The van der Waals surface area contributed by atoms with Crippen LogP contribution in [0.5, 0.6) is 0 Å². The van der Waals surface area contributed by atoms with Crippen LogP contribution in [0.2, 0.25) is 0 Å². The van der Waals surface area contributed by atoms with Crippen LogP contribution in [0.3, 0.4) is 0 Å². The molecule has 0 bridgehead atoms. The lowest BCUT2D eigenvalue weighted by Crippen LogP contribution is -2.43. The summed E-state index contributed by atoms with van der Waals surface area (Å²) in [5.74, 6) is 0. The van der Waals surface area contributed by atoms with E-state index in [1.807, 2.05) is 0 Å². The van der Waals surface area contributed by atoms with Gasteiger partial charge in [0.2, 0.25) is 0 Å². The molecule has 1 aliphatic rings. The SMILES string of the molecule is CC1(NCc2csc(C(C)(C)C)n2)CCNC1. The molecule has 1 aliphatic heterocycles. The Morgan fingerprint density at radius 1 is 1.53 bits per heavy atom. The first-order valence-electron chi connectivity index (χ1n) is 6.30. The van der Waals surface area contributed by atoms with E-state index in [9.17, 15) is 0 Å². The van der Waals surface area contributed by atoms with Gasteiger partial charge in [0.05, 0.1) is 10.7 Å². The van der Waals surface area contributed by atoms with Crippen molar-refractivity contribution in [1.29, 1.82) is 0 Å². The first-order chi connectivity index (χ1) is 7.89. The molecule has 0 saturated carbocycles. The van der Waals surface area contributed by atoms with Crippen LogP contribution >= 0.6 is 11.3 Å². The molecule has 17 heavy (non-hydrogen) atoms. The molecule has 0 aromatic carbocycles. The topological polar surface area (TPSA) is 37.0 Å². The minimum absolute atomic E-state index is 0.168. The van der Waals surface area contributed by atoms with E-state index in [0.717, 1.165) is 19.6 Å². The summed E-state index contributed by atoms with van der Waals surface area (Å²) >= 11 is 1.77. The van der Waals surface area contributed by atoms with Gasteiger partial charge in [0, 0.05) is 29.4 Å². The number of rotatable bonds is 3. The van der Waals surface area contributed by atoms with Crippen molar-refractivity contribution >= 4 is 11.3 Å². The zero-order valence-corrected chi connectivity index (χ0v) is 12.1. The Hall–Kier alpha value is -0.450. The summed E-state index contributed by atoms with van der Waals surface area (Å²) in [6.45, 7) is 12.0. The van der Waals surface area contributed by atoms with Crippen molar-refractivity contribution in [2.45, 2.75) is 51.6 Å². The van der Waals surface area contributed by atoms with Crippen LogP contribution in [-0.2, 0) is 12.0 Å². The Labute approximate surface area is 108 Å². The van der Waals surface area contributed by atoms with Gasteiger partial charge in [0.15, 0.2) is 0 Å². The van der Waals surface area contributed by atoms with E-state index < -0.39 is 0 Å². The highest BCUT2D eigenvalue weighted by molar-refractivity contribution is 7.09. The fraction of sp³-hybridized carbons (Fsp3) is 0.769. The maximum Gasteiger partial charge on any atom is 0.0982 e. The van der Waals surface area contributed by atoms with Crippen LogP contribution in [0.4, 0.5) is 0 Å². The Bertz CT molecular complexity index is 372. The predicted octanol–water partition coefficient (Wildman–Crippen LogP) is 2.28. The highest BCUT2D eigenvalue weighted by atomic mass is 32.1. The maximum absolute atomic E-state index is 4.71. The van der Waals surface area contributed by atoms with Gasteiger partial charge in [-0.15, -0.1) is 11.3 Å². The van der Waals surface area contributed by atoms with Crippen molar-refractivity contribution < 1.29 is 0 Å². The summed E-state index contributed by atoms with van der Waals surface area (Å²) in [5.41, 5.74) is 1.58. The molecule has 0 spiro atoms. The van der Waals surface area contributed by atoms with Gasteiger partial charge in [-0.25, -0.2) is 4.98 Å². The van der Waals surface area contributed by atoms with Crippen molar-refractivity contribution in [3.05, 3.63) is 16.1 Å². The van der Waals surface area contributed by atoms with Crippen LogP contribution in [-0.4, -0.2) is 23.6 Å².